The molecule has 0 radical (unpaired) electrons. The van der Waals surface area contributed by atoms with Gasteiger partial charge >= 0.3 is 0 Å². The molecular formula is C28H39N3O2. The summed E-state index contributed by atoms with van der Waals surface area (Å²) in [6.07, 6.45) is 2.67. The maximum absolute atomic E-state index is 13.0. The van der Waals surface area contributed by atoms with Crippen LogP contribution in [0.5, 0.6) is 5.75 Å². The van der Waals surface area contributed by atoms with Crippen LogP contribution in [0.1, 0.15) is 62.9 Å². The summed E-state index contributed by atoms with van der Waals surface area (Å²) in [4.78, 5) is 15.3. The van der Waals surface area contributed by atoms with Gasteiger partial charge in [0.05, 0.1) is 0 Å². The number of ether oxygens (including phenoxy) is 1. The first kappa shape index (κ1) is 23.8. The molecule has 0 amide bonds. The number of carbonyl (C=O) groups excluding carboxylic acids is 1. The summed E-state index contributed by atoms with van der Waals surface area (Å²) >= 11 is 0. The molecule has 5 nitrogen and oxygen atoms in total. The topological polar surface area (TPSA) is 53.6 Å². The average molecular weight is 450 g/mol. The lowest BCUT2D eigenvalue weighted by Gasteiger charge is -2.46. The van der Waals surface area contributed by atoms with Crippen molar-refractivity contribution in [3.05, 3.63) is 59.7 Å². The van der Waals surface area contributed by atoms with Gasteiger partial charge in [-0.1, -0.05) is 30.3 Å². The minimum Gasteiger partial charge on any atom is -0.489 e. The van der Waals surface area contributed by atoms with Crippen LogP contribution in [0.4, 0.5) is 5.69 Å². The van der Waals surface area contributed by atoms with Gasteiger partial charge in [0.15, 0.2) is 5.78 Å². The second-order valence-electron chi connectivity index (χ2n) is 11.0. The van der Waals surface area contributed by atoms with Crippen LogP contribution in [-0.4, -0.2) is 43.0 Å². The van der Waals surface area contributed by atoms with Crippen LogP contribution in [0.2, 0.25) is 0 Å². The predicted molar refractivity (Wildman–Crippen MR) is 135 cm³/mol. The number of carbonyl (C=O) groups is 1. The number of hydrogen-bond donors (Lipinski definition) is 2. The van der Waals surface area contributed by atoms with Crippen molar-refractivity contribution in [2.24, 2.45) is 5.92 Å². The van der Waals surface area contributed by atoms with Crippen LogP contribution in [0.25, 0.3) is 0 Å². The van der Waals surface area contributed by atoms with Gasteiger partial charge in [0.25, 0.3) is 0 Å². The van der Waals surface area contributed by atoms with Gasteiger partial charge in [0, 0.05) is 61.0 Å². The van der Waals surface area contributed by atoms with Gasteiger partial charge in [0.1, 0.15) is 12.4 Å². The predicted octanol–water partition coefficient (Wildman–Crippen LogP) is 4.80. The van der Waals surface area contributed by atoms with Crippen LogP contribution in [0, 0.1) is 5.92 Å². The van der Waals surface area contributed by atoms with Crippen molar-refractivity contribution in [1.29, 1.82) is 0 Å². The van der Waals surface area contributed by atoms with E-state index in [0.717, 1.165) is 55.9 Å². The molecule has 2 saturated heterocycles. The second-order valence-corrected chi connectivity index (χ2v) is 11.0. The number of piperidine rings is 1. The fourth-order valence-electron chi connectivity index (χ4n) is 5.70. The Morgan fingerprint density at radius 3 is 2.33 bits per heavy atom. The molecule has 0 atom stereocenters. The van der Waals surface area contributed by atoms with Gasteiger partial charge in [-0.05, 0) is 64.2 Å². The molecule has 2 aliphatic heterocycles. The van der Waals surface area contributed by atoms with Crippen molar-refractivity contribution in [2.45, 2.75) is 64.6 Å². The number of anilines is 1. The first-order chi connectivity index (χ1) is 15.7. The number of rotatable bonds is 7. The van der Waals surface area contributed by atoms with Crippen LogP contribution in [0.15, 0.2) is 48.5 Å². The highest BCUT2D eigenvalue weighted by molar-refractivity contribution is 5.96. The van der Waals surface area contributed by atoms with E-state index in [0.29, 0.717) is 18.9 Å². The molecule has 2 heterocycles. The summed E-state index contributed by atoms with van der Waals surface area (Å²) in [6.45, 7) is 13.5. The van der Waals surface area contributed by atoms with E-state index in [9.17, 15) is 4.79 Å². The van der Waals surface area contributed by atoms with Gasteiger partial charge in [-0.25, -0.2) is 0 Å². The Morgan fingerprint density at radius 2 is 1.67 bits per heavy atom. The molecule has 2 fully saturated rings. The molecule has 0 saturated carbocycles. The van der Waals surface area contributed by atoms with E-state index in [-0.39, 0.29) is 16.9 Å². The van der Waals surface area contributed by atoms with Crippen LogP contribution < -0.4 is 20.3 Å². The van der Waals surface area contributed by atoms with E-state index in [1.54, 1.807) is 0 Å². The second kappa shape index (κ2) is 9.86. The van der Waals surface area contributed by atoms with Gasteiger partial charge < -0.3 is 20.3 Å². The van der Waals surface area contributed by atoms with Crippen molar-refractivity contribution in [3.8, 4) is 5.75 Å². The first-order valence-corrected chi connectivity index (χ1v) is 12.3. The lowest BCUT2D eigenvalue weighted by atomic mass is 9.74. The van der Waals surface area contributed by atoms with Crippen molar-refractivity contribution >= 4 is 11.5 Å². The molecule has 33 heavy (non-hydrogen) atoms. The molecule has 2 N–H and O–H groups in total. The summed E-state index contributed by atoms with van der Waals surface area (Å²) < 4.78 is 6.06. The Labute approximate surface area is 198 Å². The minimum atomic E-state index is 0.0656. The Morgan fingerprint density at radius 1 is 1.00 bits per heavy atom. The SMILES string of the molecule is CC1(C)CC(CC(=O)c2ccc(COc3cccc(N4CCNCC4)c3)cc2)CC(C)(C)N1. The Bertz CT molecular complexity index is 930. The van der Waals surface area contributed by atoms with Gasteiger partial charge in [-0.3, -0.25) is 4.79 Å². The lowest BCUT2D eigenvalue weighted by molar-refractivity contribution is 0.0864. The van der Waals surface area contributed by atoms with Crippen LogP contribution >= 0.6 is 0 Å². The van der Waals surface area contributed by atoms with E-state index < -0.39 is 0 Å². The van der Waals surface area contributed by atoms with Gasteiger partial charge in [-0.15, -0.1) is 0 Å². The number of hydrogen-bond acceptors (Lipinski definition) is 5. The molecule has 2 aromatic rings. The zero-order chi connectivity index (χ0) is 23.5. The average Bonchev–Trinajstić information content (AvgIpc) is 2.76. The van der Waals surface area contributed by atoms with Gasteiger partial charge in [-0.2, -0.15) is 0 Å². The molecule has 5 heteroatoms. The molecule has 0 aromatic heterocycles. The molecule has 2 aliphatic rings. The molecule has 0 unspecified atom stereocenters. The summed E-state index contributed by atoms with van der Waals surface area (Å²) in [5.41, 5.74) is 3.21. The van der Waals surface area contributed by atoms with E-state index in [2.05, 4.69) is 61.4 Å². The fourth-order valence-corrected chi connectivity index (χ4v) is 5.70. The third-order valence-corrected chi connectivity index (χ3v) is 6.73. The molecule has 2 aromatic carbocycles. The monoisotopic (exact) mass is 449 g/mol. The normalized spacial score (nSPS) is 20.4. The minimum absolute atomic E-state index is 0.0656. The van der Waals surface area contributed by atoms with E-state index in [4.69, 9.17) is 4.74 Å². The number of Topliss-reactive ketones (excluding diaryl/α,β-unsaturated/α-hetero) is 1. The quantitative estimate of drug-likeness (QED) is 0.595. The summed E-state index contributed by atoms with van der Waals surface area (Å²) in [5, 5.41) is 7.09. The standard InChI is InChI=1S/C28H39N3O2/c1-27(2)18-22(19-28(3,4)30-27)16-26(32)23-10-8-21(9-11-23)20-33-25-7-5-6-24(17-25)31-14-12-29-13-15-31/h5-11,17,22,29-30H,12-16,18-20H2,1-4H3. The zero-order valence-corrected chi connectivity index (χ0v) is 20.6. The third kappa shape index (κ3) is 6.58. The number of piperazine rings is 1. The molecule has 178 valence electrons. The largest absolute Gasteiger partial charge is 0.489 e. The Kier molecular flexibility index (Phi) is 7.10. The maximum Gasteiger partial charge on any atom is 0.163 e. The highest BCUT2D eigenvalue weighted by atomic mass is 16.5. The highest BCUT2D eigenvalue weighted by Crippen LogP contribution is 2.35. The number of ketones is 1. The summed E-state index contributed by atoms with van der Waals surface area (Å²) in [5.74, 6) is 1.53. The van der Waals surface area contributed by atoms with Crippen molar-refractivity contribution in [2.75, 3.05) is 31.1 Å². The van der Waals surface area contributed by atoms with Crippen LogP contribution in [0.3, 0.4) is 0 Å². The smallest absolute Gasteiger partial charge is 0.163 e. The molecule has 0 bridgehead atoms. The van der Waals surface area contributed by atoms with E-state index in [1.165, 1.54) is 5.69 Å². The molecule has 0 spiro atoms. The Hall–Kier alpha value is -2.37. The number of benzene rings is 2. The van der Waals surface area contributed by atoms with Gasteiger partial charge in [0.2, 0.25) is 0 Å². The summed E-state index contributed by atoms with van der Waals surface area (Å²) in [7, 11) is 0. The molecular weight excluding hydrogens is 410 g/mol. The summed E-state index contributed by atoms with van der Waals surface area (Å²) in [6, 6.07) is 16.3. The van der Waals surface area contributed by atoms with Crippen LogP contribution in [-0.2, 0) is 6.61 Å². The Balaban J connectivity index is 1.32. The van der Waals surface area contributed by atoms with Crippen molar-refractivity contribution in [1.82, 2.24) is 10.6 Å². The maximum atomic E-state index is 13.0. The lowest BCUT2D eigenvalue weighted by Crippen LogP contribution is -2.57. The van der Waals surface area contributed by atoms with Crippen molar-refractivity contribution in [3.63, 3.8) is 0 Å². The number of nitrogens with zero attached hydrogens (tertiary/aromatic N) is 1. The number of nitrogens with one attached hydrogen (secondary N) is 2. The highest BCUT2D eigenvalue weighted by Gasteiger charge is 2.38. The molecule has 0 aliphatic carbocycles. The fraction of sp³-hybridized carbons (Fsp3) is 0.536. The van der Waals surface area contributed by atoms with E-state index >= 15 is 0 Å². The first-order valence-electron chi connectivity index (χ1n) is 12.3. The molecule has 4 rings (SSSR count). The third-order valence-electron chi connectivity index (χ3n) is 6.73. The zero-order valence-electron chi connectivity index (χ0n) is 20.6. The van der Waals surface area contributed by atoms with Crippen molar-refractivity contribution < 1.29 is 9.53 Å². The van der Waals surface area contributed by atoms with E-state index in [1.807, 2.05) is 30.3 Å².